The Morgan fingerprint density at radius 2 is 0.698 bits per heavy atom. The summed E-state index contributed by atoms with van der Waals surface area (Å²) in [6, 6.07) is 0. The van der Waals surface area contributed by atoms with Gasteiger partial charge in [0.25, 0.3) is 10.1 Å². The third kappa shape index (κ3) is 30.9. The largest absolute Gasteiger partial charge is 0.285 e. The fourth-order valence-electron chi connectivity index (χ4n) is 5.65. The number of nitrogens with zero attached hydrogens (tertiary/aromatic N) is 1. The minimum atomic E-state index is -4.03. The Hall–Kier alpha value is -0.910. The summed E-state index contributed by atoms with van der Waals surface area (Å²) in [5, 5.41) is 0. The second-order valence-electron chi connectivity index (χ2n) is 12.9. The molecule has 0 saturated heterocycles. The number of hydrogen-bond acceptors (Lipinski definition) is 2. The molecule has 254 valence electrons. The fraction of sp³-hybridized carbons (Fsp3) is 0.842. The number of unbranched alkanes of at least 4 members (excludes halogenated alkanes) is 24. The lowest BCUT2D eigenvalue weighted by Gasteiger charge is -2.26. The lowest BCUT2D eigenvalue weighted by Crippen LogP contribution is -2.35. The molecular formula is C38H74NO3S+. The molecule has 0 aliphatic carbocycles. The third-order valence-corrected chi connectivity index (χ3v) is 9.26. The van der Waals surface area contributed by atoms with Gasteiger partial charge in [-0.25, -0.2) is 4.48 Å². The van der Waals surface area contributed by atoms with Gasteiger partial charge in [-0.2, -0.15) is 8.42 Å². The van der Waals surface area contributed by atoms with Crippen LogP contribution < -0.4 is 0 Å². The lowest BCUT2D eigenvalue weighted by molar-refractivity contribution is -0.770. The molecule has 4 nitrogen and oxygen atoms in total. The highest BCUT2D eigenvalue weighted by Crippen LogP contribution is 2.18. The van der Waals surface area contributed by atoms with Crippen molar-refractivity contribution >= 4 is 10.1 Å². The first-order chi connectivity index (χ1) is 20.9. The van der Waals surface area contributed by atoms with E-state index in [-0.39, 0.29) is 5.75 Å². The van der Waals surface area contributed by atoms with E-state index in [1.807, 2.05) is 0 Å². The van der Waals surface area contributed by atoms with Crippen LogP contribution in [0.4, 0.5) is 0 Å². The van der Waals surface area contributed by atoms with E-state index < -0.39 is 10.1 Å². The molecule has 1 N–H and O–H groups in total. The monoisotopic (exact) mass is 625 g/mol. The molecule has 0 spiro atoms. The average molecular weight is 625 g/mol. The highest BCUT2D eigenvalue weighted by atomic mass is 32.2. The van der Waals surface area contributed by atoms with Gasteiger partial charge < -0.3 is 0 Å². The van der Waals surface area contributed by atoms with Crippen LogP contribution in [-0.4, -0.2) is 29.8 Å². The molecule has 43 heavy (non-hydrogen) atoms. The molecule has 0 unspecified atom stereocenters. The average Bonchev–Trinajstić information content (AvgIpc) is 2.98. The maximum Gasteiger partial charge on any atom is 0.270 e. The van der Waals surface area contributed by atoms with Crippen LogP contribution in [0.3, 0.4) is 0 Å². The summed E-state index contributed by atoms with van der Waals surface area (Å²) in [6.45, 7) is 7.11. The van der Waals surface area contributed by atoms with Crippen LogP contribution in [0.25, 0.3) is 0 Å². The van der Waals surface area contributed by atoms with E-state index >= 15 is 0 Å². The van der Waals surface area contributed by atoms with Crippen LogP contribution in [-0.2, 0) is 10.1 Å². The van der Waals surface area contributed by atoms with Gasteiger partial charge in [-0.1, -0.05) is 156 Å². The van der Waals surface area contributed by atoms with Gasteiger partial charge in [0.2, 0.25) is 0 Å². The molecule has 0 amide bonds. The number of quaternary nitrogens is 1. The van der Waals surface area contributed by atoms with Crippen molar-refractivity contribution in [1.29, 1.82) is 0 Å². The first kappa shape index (κ1) is 42.1. The van der Waals surface area contributed by atoms with Crippen LogP contribution in [0.15, 0.2) is 36.8 Å². The molecule has 0 rings (SSSR count). The van der Waals surface area contributed by atoms with Crippen molar-refractivity contribution in [3.8, 4) is 0 Å². The zero-order valence-corrected chi connectivity index (χ0v) is 29.9. The van der Waals surface area contributed by atoms with Gasteiger partial charge in [-0.3, -0.25) is 4.55 Å². The summed E-state index contributed by atoms with van der Waals surface area (Å²) >= 11 is 0. The van der Waals surface area contributed by atoms with Crippen molar-refractivity contribution in [2.75, 3.05) is 12.3 Å². The Morgan fingerprint density at radius 3 is 0.953 bits per heavy atom. The summed E-state index contributed by atoms with van der Waals surface area (Å²) in [4.78, 5) is 0. The van der Waals surface area contributed by atoms with Crippen molar-refractivity contribution in [3.05, 3.63) is 36.8 Å². The number of rotatable bonds is 33. The lowest BCUT2D eigenvalue weighted by atomic mass is 10.1. The van der Waals surface area contributed by atoms with Crippen LogP contribution in [0, 0.1) is 0 Å². The van der Waals surface area contributed by atoms with Crippen molar-refractivity contribution in [2.24, 2.45) is 0 Å². The summed E-state index contributed by atoms with van der Waals surface area (Å²) in [7, 11) is -4.03. The van der Waals surface area contributed by atoms with Crippen molar-refractivity contribution in [2.45, 2.75) is 194 Å². The van der Waals surface area contributed by atoms with Crippen molar-refractivity contribution < 1.29 is 17.5 Å². The predicted molar refractivity (Wildman–Crippen MR) is 191 cm³/mol. The second-order valence-corrected chi connectivity index (χ2v) is 14.5. The van der Waals surface area contributed by atoms with E-state index in [9.17, 15) is 13.0 Å². The van der Waals surface area contributed by atoms with E-state index in [1.54, 1.807) is 0 Å². The number of hydrogen-bond donors (Lipinski definition) is 1. The molecule has 0 heterocycles. The Labute approximate surface area is 270 Å². The minimum absolute atomic E-state index is 0.237. The zero-order valence-electron chi connectivity index (χ0n) is 29.1. The van der Waals surface area contributed by atoms with Gasteiger partial charge >= 0.3 is 0 Å². The smallest absolute Gasteiger partial charge is 0.270 e. The molecule has 0 bridgehead atoms. The van der Waals surface area contributed by atoms with Gasteiger partial charge in [0.15, 0.2) is 0 Å². The quantitative estimate of drug-likeness (QED) is 0.0449. The molecule has 0 saturated carbocycles. The summed E-state index contributed by atoms with van der Waals surface area (Å²) in [5.74, 6) is -0.237. The van der Waals surface area contributed by atoms with Crippen LogP contribution in [0.2, 0.25) is 0 Å². The van der Waals surface area contributed by atoms with E-state index in [2.05, 4.69) is 57.6 Å². The van der Waals surface area contributed by atoms with Gasteiger partial charge in [0, 0.05) is 0 Å². The first-order valence-corrected chi connectivity index (χ1v) is 20.4. The fourth-order valence-corrected chi connectivity index (χ4v) is 6.19. The second kappa shape index (κ2) is 31.1. The van der Waals surface area contributed by atoms with Crippen molar-refractivity contribution in [1.82, 2.24) is 0 Å². The summed E-state index contributed by atoms with van der Waals surface area (Å²) < 4.78 is 33.5. The van der Waals surface area contributed by atoms with Gasteiger partial charge in [-0.15, -0.1) is 0 Å². The molecule has 0 aromatic carbocycles. The molecule has 0 radical (unpaired) electrons. The van der Waals surface area contributed by atoms with E-state index in [1.165, 1.54) is 154 Å². The zero-order chi connectivity index (χ0) is 31.7. The van der Waals surface area contributed by atoms with Crippen LogP contribution in [0.1, 0.15) is 194 Å². The molecule has 0 aromatic rings. The molecule has 0 aliphatic rings. The maximum atomic E-state index is 11.8. The van der Waals surface area contributed by atoms with Crippen molar-refractivity contribution in [3.63, 3.8) is 0 Å². The third-order valence-electron chi connectivity index (χ3n) is 8.56. The van der Waals surface area contributed by atoms with Crippen LogP contribution >= 0.6 is 0 Å². The maximum absolute atomic E-state index is 11.8. The first-order valence-electron chi connectivity index (χ1n) is 18.7. The van der Waals surface area contributed by atoms with Gasteiger partial charge in [-0.05, 0) is 56.8 Å². The van der Waals surface area contributed by atoms with Gasteiger partial charge in [0.1, 0.15) is 30.9 Å². The highest BCUT2D eigenvalue weighted by Gasteiger charge is 2.22. The number of allylic oxidation sites excluding steroid dienone is 3. The van der Waals surface area contributed by atoms with E-state index in [0.29, 0.717) is 11.0 Å². The normalized spacial score (nSPS) is 12.9. The Bertz CT molecular complexity index is 698. The van der Waals surface area contributed by atoms with E-state index in [0.717, 1.165) is 19.3 Å². The molecule has 0 atom stereocenters. The summed E-state index contributed by atoms with van der Waals surface area (Å²) in [6.07, 6.45) is 47.5. The molecule has 0 fully saturated rings. The Morgan fingerprint density at radius 1 is 0.442 bits per heavy atom. The Balaban J connectivity index is 5.08. The SMILES string of the molecule is CCCCCCCCCC/C=C/[N+](/C=C/CCCCCCCCCC)(/C=C/CCCCCCCCCC)CCS(=O)(=O)O. The molecule has 0 aromatic heterocycles. The minimum Gasteiger partial charge on any atom is -0.285 e. The van der Waals surface area contributed by atoms with E-state index in [4.69, 9.17) is 0 Å². The molecule has 0 aliphatic heterocycles. The predicted octanol–water partition coefficient (Wildman–Crippen LogP) is 12.8. The molecule has 5 heteroatoms. The van der Waals surface area contributed by atoms with Crippen LogP contribution in [0.5, 0.6) is 0 Å². The molecular weight excluding hydrogens is 550 g/mol. The highest BCUT2D eigenvalue weighted by molar-refractivity contribution is 7.85. The standard InChI is InChI=1S/C38H73NO3S/c1-4-7-10-13-16-19-22-25-28-31-34-39(37-38-43(40,41)42,35-32-29-26-23-20-17-14-11-8-5-2)36-33-30-27-24-21-18-15-12-9-6-3/h31-36H,4-30,37-38H2,1-3H3/p+1/b34-31+,35-32+,36-33+. The summed E-state index contributed by atoms with van der Waals surface area (Å²) in [5.41, 5.74) is 0. The topological polar surface area (TPSA) is 54.4 Å². The van der Waals surface area contributed by atoms with Gasteiger partial charge in [0.05, 0.1) is 0 Å². The Kier molecular flexibility index (Phi) is 30.4.